The van der Waals surface area contributed by atoms with E-state index in [-0.39, 0.29) is 29.0 Å². The molecule has 1 unspecified atom stereocenters. The molecule has 0 bridgehead atoms. The highest BCUT2D eigenvalue weighted by Gasteiger charge is 2.34. The number of benzene rings is 3. The predicted octanol–water partition coefficient (Wildman–Crippen LogP) is 5.58. The molecule has 3 rings (SSSR count). The maximum Gasteiger partial charge on any atom is 0.264 e. The topological polar surface area (TPSA) is 96.0 Å². The summed E-state index contributed by atoms with van der Waals surface area (Å²) in [4.78, 5) is 30.0. The molecule has 1 N–H and O–H groups in total. The zero-order valence-corrected chi connectivity index (χ0v) is 26.6. The molecule has 226 valence electrons. The van der Waals surface area contributed by atoms with Gasteiger partial charge in [0.25, 0.3) is 10.0 Å². The van der Waals surface area contributed by atoms with Gasteiger partial charge in [-0.2, -0.15) is 0 Å². The van der Waals surface area contributed by atoms with Crippen LogP contribution in [0.15, 0.2) is 88.7 Å². The average Bonchev–Trinajstić information content (AvgIpc) is 2.99. The fraction of sp³-hybridized carbons (Fsp3) is 0.375. The van der Waals surface area contributed by atoms with Gasteiger partial charge in [-0.15, -0.1) is 11.8 Å². The van der Waals surface area contributed by atoms with Crippen LogP contribution in [0.3, 0.4) is 0 Å². The lowest BCUT2D eigenvalue weighted by molar-refractivity contribution is -0.140. The lowest BCUT2D eigenvalue weighted by Crippen LogP contribution is -2.52. The number of hydrogen-bond acceptors (Lipinski definition) is 6. The Morgan fingerprint density at radius 2 is 1.57 bits per heavy atom. The van der Waals surface area contributed by atoms with Crippen molar-refractivity contribution in [3.63, 3.8) is 0 Å². The summed E-state index contributed by atoms with van der Waals surface area (Å²) in [6.45, 7) is 8.07. The molecule has 0 fully saturated rings. The van der Waals surface area contributed by atoms with Gasteiger partial charge in [-0.1, -0.05) is 63.2 Å². The Kier molecular flexibility index (Phi) is 12.3. The number of rotatable bonds is 15. The first kappa shape index (κ1) is 33.0. The molecule has 10 heteroatoms. The van der Waals surface area contributed by atoms with E-state index in [0.29, 0.717) is 25.3 Å². The summed E-state index contributed by atoms with van der Waals surface area (Å²) < 4.78 is 35.2. The predicted molar refractivity (Wildman–Crippen MR) is 169 cm³/mol. The van der Waals surface area contributed by atoms with Gasteiger partial charge < -0.3 is 15.0 Å². The van der Waals surface area contributed by atoms with E-state index in [2.05, 4.69) is 5.32 Å². The maximum absolute atomic E-state index is 14.2. The van der Waals surface area contributed by atoms with Crippen LogP contribution in [0.5, 0.6) is 5.75 Å². The van der Waals surface area contributed by atoms with Gasteiger partial charge in [0, 0.05) is 18.0 Å². The minimum absolute atomic E-state index is 0.0516. The van der Waals surface area contributed by atoms with Crippen molar-refractivity contribution >= 4 is 39.3 Å². The molecule has 8 nitrogen and oxygen atoms in total. The van der Waals surface area contributed by atoms with E-state index >= 15 is 0 Å². The van der Waals surface area contributed by atoms with E-state index in [1.807, 2.05) is 64.3 Å². The molecule has 0 spiro atoms. The van der Waals surface area contributed by atoms with Gasteiger partial charge in [0.1, 0.15) is 18.3 Å². The van der Waals surface area contributed by atoms with Gasteiger partial charge in [0.15, 0.2) is 0 Å². The van der Waals surface area contributed by atoms with Crippen molar-refractivity contribution in [2.24, 2.45) is 5.92 Å². The molecule has 2 amide bonds. The number of sulfonamides is 1. The molecule has 0 saturated carbocycles. The smallest absolute Gasteiger partial charge is 0.264 e. The number of nitrogens with zero attached hydrogens (tertiary/aromatic N) is 2. The highest BCUT2D eigenvalue weighted by Crippen LogP contribution is 2.33. The van der Waals surface area contributed by atoms with Crippen molar-refractivity contribution in [3.05, 3.63) is 84.4 Å². The fourth-order valence-electron chi connectivity index (χ4n) is 4.45. The van der Waals surface area contributed by atoms with Gasteiger partial charge in [-0.25, -0.2) is 8.42 Å². The van der Waals surface area contributed by atoms with Crippen LogP contribution in [0.4, 0.5) is 5.69 Å². The fourth-order valence-corrected chi connectivity index (χ4v) is 6.28. The van der Waals surface area contributed by atoms with Crippen LogP contribution in [-0.2, 0) is 26.2 Å². The highest BCUT2D eigenvalue weighted by atomic mass is 32.2. The summed E-state index contributed by atoms with van der Waals surface area (Å²) in [5.74, 6) is -0.195. The van der Waals surface area contributed by atoms with Crippen molar-refractivity contribution in [1.29, 1.82) is 0 Å². The van der Waals surface area contributed by atoms with Gasteiger partial charge in [0.05, 0.1) is 17.2 Å². The summed E-state index contributed by atoms with van der Waals surface area (Å²) in [5.41, 5.74) is 1.08. The Labute approximate surface area is 254 Å². The van der Waals surface area contributed by atoms with Crippen molar-refractivity contribution in [2.75, 3.05) is 30.3 Å². The summed E-state index contributed by atoms with van der Waals surface area (Å²) in [5, 5.41) is 2.95. The Balaban J connectivity index is 2.09. The zero-order chi connectivity index (χ0) is 30.7. The summed E-state index contributed by atoms with van der Waals surface area (Å²) in [6, 6.07) is 21.9. The van der Waals surface area contributed by atoms with Crippen LogP contribution in [0, 0.1) is 5.92 Å². The van der Waals surface area contributed by atoms with Gasteiger partial charge in [-0.3, -0.25) is 13.9 Å². The molecule has 42 heavy (non-hydrogen) atoms. The zero-order valence-electron chi connectivity index (χ0n) is 24.9. The van der Waals surface area contributed by atoms with E-state index < -0.39 is 28.5 Å². The molecule has 1 atom stereocenters. The second kappa shape index (κ2) is 15.7. The quantitative estimate of drug-likeness (QED) is 0.226. The first-order valence-corrected chi connectivity index (χ1v) is 16.8. The molecular formula is C32H41N3O5S2. The minimum atomic E-state index is -4.20. The Bertz CT molecular complexity index is 1410. The standard InChI is InChI=1S/C32H41N3O5S2/c1-6-28(32(37)33-21-24(3)4)34(22-25-13-9-8-10-14-25)31(36)23-35(29-15-11-12-16-30(29)40-7-2)42(38,39)27-19-17-26(41-5)18-20-27/h8-20,24,28H,6-7,21-23H2,1-5H3,(H,33,37). The van der Waals surface area contributed by atoms with Crippen LogP contribution in [0.2, 0.25) is 0 Å². The Morgan fingerprint density at radius 3 is 2.17 bits per heavy atom. The SMILES string of the molecule is CCOc1ccccc1N(CC(=O)N(Cc1ccccc1)C(CC)C(=O)NCC(C)C)S(=O)(=O)c1ccc(SC)cc1. The molecule has 0 saturated heterocycles. The molecule has 0 radical (unpaired) electrons. The van der Waals surface area contributed by atoms with Crippen molar-refractivity contribution < 1.29 is 22.7 Å². The van der Waals surface area contributed by atoms with Crippen LogP contribution in [-0.4, -0.2) is 57.1 Å². The lowest BCUT2D eigenvalue weighted by atomic mass is 10.1. The number of amides is 2. The number of anilines is 1. The van der Waals surface area contributed by atoms with Crippen LogP contribution >= 0.6 is 11.8 Å². The number of para-hydroxylation sites is 2. The van der Waals surface area contributed by atoms with Gasteiger partial charge in [-0.05, 0) is 67.5 Å². The second-order valence-electron chi connectivity index (χ2n) is 10.2. The van der Waals surface area contributed by atoms with Crippen molar-refractivity contribution in [3.8, 4) is 5.75 Å². The van der Waals surface area contributed by atoms with Gasteiger partial charge >= 0.3 is 0 Å². The van der Waals surface area contributed by atoms with E-state index in [1.165, 1.54) is 28.8 Å². The average molecular weight is 612 g/mol. The van der Waals surface area contributed by atoms with Crippen LogP contribution in [0.25, 0.3) is 0 Å². The molecule has 3 aromatic carbocycles. The third kappa shape index (κ3) is 8.51. The number of nitrogens with one attached hydrogen (secondary N) is 1. The Morgan fingerprint density at radius 1 is 0.929 bits per heavy atom. The van der Waals surface area contributed by atoms with E-state index in [0.717, 1.165) is 14.8 Å². The highest BCUT2D eigenvalue weighted by molar-refractivity contribution is 7.98. The number of thioether (sulfide) groups is 1. The largest absolute Gasteiger partial charge is 0.492 e. The summed E-state index contributed by atoms with van der Waals surface area (Å²) >= 11 is 1.50. The van der Waals surface area contributed by atoms with E-state index in [4.69, 9.17) is 4.74 Å². The molecule has 0 aromatic heterocycles. The third-order valence-electron chi connectivity index (χ3n) is 6.63. The van der Waals surface area contributed by atoms with Crippen molar-refractivity contribution in [2.45, 2.75) is 56.5 Å². The first-order valence-electron chi connectivity index (χ1n) is 14.1. The Hall–Kier alpha value is -3.50. The number of hydrogen-bond donors (Lipinski definition) is 1. The normalized spacial score (nSPS) is 12.0. The third-order valence-corrected chi connectivity index (χ3v) is 9.14. The molecule has 0 aliphatic heterocycles. The van der Waals surface area contributed by atoms with Crippen LogP contribution in [0.1, 0.15) is 39.7 Å². The number of carbonyl (C=O) groups excluding carboxylic acids is 2. The molecule has 0 heterocycles. The van der Waals surface area contributed by atoms with E-state index in [1.54, 1.807) is 36.4 Å². The number of carbonyl (C=O) groups is 2. The molecule has 0 aliphatic rings. The number of ether oxygens (including phenoxy) is 1. The van der Waals surface area contributed by atoms with Crippen LogP contribution < -0.4 is 14.4 Å². The molecule has 3 aromatic rings. The molecular weight excluding hydrogens is 571 g/mol. The van der Waals surface area contributed by atoms with E-state index in [9.17, 15) is 18.0 Å². The van der Waals surface area contributed by atoms with Crippen molar-refractivity contribution in [1.82, 2.24) is 10.2 Å². The second-order valence-corrected chi connectivity index (χ2v) is 12.9. The monoisotopic (exact) mass is 611 g/mol. The lowest BCUT2D eigenvalue weighted by Gasteiger charge is -2.33. The summed E-state index contributed by atoms with van der Waals surface area (Å²) in [6.07, 6.45) is 2.27. The minimum Gasteiger partial charge on any atom is -0.492 e. The first-order chi connectivity index (χ1) is 20.1. The van der Waals surface area contributed by atoms with Gasteiger partial charge in [0.2, 0.25) is 11.8 Å². The summed E-state index contributed by atoms with van der Waals surface area (Å²) in [7, 11) is -4.20. The molecule has 0 aliphatic carbocycles. The maximum atomic E-state index is 14.2.